The molecule has 1 aromatic carbocycles. The molecule has 2 unspecified atom stereocenters. The van der Waals surface area contributed by atoms with Gasteiger partial charge in [0.15, 0.2) is 0 Å². The number of nitrogens with one attached hydrogen (secondary N) is 1. The number of carbonyl (C=O) groups excluding carboxylic acids is 2. The van der Waals surface area contributed by atoms with Crippen LogP contribution in [0.4, 0.5) is 0 Å². The van der Waals surface area contributed by atoms with Gasteiger partial charge >= 0.3 is 0 Å². The minimum Gasteiger partial charge on any atom is -0.369 e. The second-order valence-electron chi connectivity index (χ2n) is 6.19. The first-order valence-electron chi connectivity index (χ1n) is 8.17. The number of aromatic nitrogens is 1. The van der Waals surface area contributed by atoms with Gasteiger partial charge in [-0.1, -0.05) is 36.8 Å². The lowest BCUT2D eigenvalue weighted by Gasteiger charge is -2.17. The summed E-state index contributed by atoms with van der Waals surface area (Å²) in [6.45, 7) is 0. The van der Waals surface area contributed by atoms with Gasteiger partial charge in [0.1, 0.15) is 0 Å². The zero-order valence-electron chi connectivity index (χ0n) is 13.4. The molecule has 0 aliphatic heterocycles. The standard InChI is InChI=1S/C18H21N3O2S/c19-18(23)14-7-4-8-15(14)21-16(22)10-13-11-24-17(20-13)9-12-5-2-1-3-6-12/h1-3,5-6,11,14-15H,4,7-10H2,(H2,19,23)(H,21,22). The van der Waals surface area contributed by atoms with Crippen LogP contribution < -0.4 is 11.1 Å². The number of benzene rings is 1. The molecular weight excluding hydrogens is 322 g/mol. The van der Waals surface area contributed by atoms with Gasteiger partial charge in [-0.3, -0.25) is 9.59 Å². The highest BCUT2D eigenvalue weighted by atomic mass is 32.1. The highest BCUT2D eigenvalue weighted by Gasteiger charge is 2.32. The molecule has 126 valence electrons. The number of thiazole rings is 1. The van der Waals surface area contributed by atoms with Crippen molar-refractivity contribution in [1.29, 1.82) is 0 Å². The van der Waals surface area contributed by atoms with E-state index in [4.69, 9.17) is 5.73 Å². The van der Waals surface area contributed by atoms with Gasteiger partial charge in [-0.15, -0.1) is 11.3 Å². The summed E-state index contributed by atoms with van der Waals surface area (Å²) in [6.07, 6.45) is 3.52. The number of nitrogens with zero attached hydrogens (tertiary/aromatic N) is 1. The van der Waals surface area contributed by atoms with Crippen molar-refractivity contribution < 1.29 is 9.59 Å². The summed E-state index contributed by atoms with van der Waals surface area (Å²) >= 11 is 1.57. The van der Waals surface area contributed by atoms with E-state index < -0.39 is 0 Å². The molecule has 1 fully saturated rings. The molecule has 3 N–H and O–H groups in total. The van der Waals surface area contributed by atoms with Crippen molar-refractivity contribution in [3.05, 3.63) is 52.0 Å². The molecule has 1 heterocycles. The second-order valence-corrected chi connectivity index (χ2v) is 7.13. The largest absolute Gasteiger partial charge is 0.369 e. The minimum atomic E-state index is -0.323. The Labute approximate surface area is 145 Å². The zero-order valence-corrected chi connectivity index (χ0v) is 14.2. The molecule has 0 spiro atoms. The molecular formula is C18H21N3O2S. The first-order chi connectivity index (χ1) is 11.6. The summed E-state index contributed by atoms with van der Waals surface area (Å²) in [5.41, 5.74) is 7.37. The van der Waals surface area contributed by atoms with Crippen LogP contribution in [0.25, 0.3) is 0 Å². The molecule has 3 rings (SSSR count). The lowest BCUT2D eigenvalue weighted by Crippen LogP contribution is -2.42. The van der Waals surface area contributed by atoms with Crippen LogP contribution in [0.1, 0.15) is 35.5 Å². The fraction of sp³-hybridized carbons (Fsp3) is 0.389. The molecule has 1 aliphatic carbocycles. The van der Waals surface area contributed by atoms with Gasteiger partial charge in [-0.2, -0.15) is 0 Å². The first-order valence-corrected chi connectivity index (χ1v) is 9.05. The van der Waals surface area contributed by atoms with Crippen LogP contribution in [0.15, 0.2) is 35.7 Å². The summed E-state index contributed by atoms with van der Waals surface area (Å²) in [4.78, 5) is 28.1. The predicted octanol–water partition coefficient (Wildman–Crippen LogP) is 2.05. The van der Waals surface area contributed by atoms with E-state index in [1.54, 1.807) is 11.3 Å². The number of hydrogen-bond acceptors (Lipinski definition) is 4. The van der Waals surface area contributed by atoms with Crippen molar-refractivity contribution in [3.8, 4) is 0 Å². The minimum absolute atomic E-state index is 0.0929. The molecule has 1 aliphatic rings. The summed E-state index contributed by atoms with van der Waals surface area (Å²) in [7, 11) is 0. The molecule has 5 nitrogen and oxygen atoms in total. The Morgan fingerprint density at radius 1 is 1.25 bits per heavy atom. The Hall–Kier alpha value is -2.21. The van der Waals surface area contributed by atoms with E-state index in [1.807, 2.05) is 23.6 Å². The number of carbonyl (C=O) groups is 2. The number of primary amides is 1. The van der Waals surface area contributed by atoms with Gasteiger partial charge in [-0.05, 0) is 18.4 Å². The molecule has 0 bridgehead atoms. The number of amides is 2. The van der Waals surface area contributed by atoms with Gasteiger partial charge in [0.05, 0.1) is 23.0 Å². The van der Waals surface area contributed by atoms with E-state index in [1.165, 1.54) is 5.56 Å². The Morgan fingerprint density at radius 3 is 2.79 bits per heavy atom. The third kappa shape index (κ3) is 4.20. The Bertz CT molecular complexity index is 714. The van der Waals surface area contributed by atoms with Crippen molar-refractivity contribution in [1.82, 2.24) is 10.3 Å². The van der Waals surface area contributed by atoms with Gasteiger partial charge in [0, 0.05) is 17.8 Å². The van der Waals surface area contributed by atoms with E-state index in [-0.39, 0.29) is 30.2 Å². The maximum atomic E-state index is 12.2. The molecule has 2 atom stereocenters. The molecule has 0 saturated heterocycles. The highest BCUT2D eigenvalue weighted by molar-refractivity contribution is 7.09. The van der Waals surface area contributed by atoms with Crippen molar-refractivity contribution in [2.24, 2.45) is 11.7 Å². The summed E-state index contributed by atoms with van der Waals surface area (Å²) < 4.78 is 0. The van der Waals surface area contributed by atoms with Crippen LogP contribution in [-0.4, -0.2) is 22.8 Å². The predicted molar refractivity (Wildman–Crippen MR) is 93.5 cm³/mol. The average molecular weight is 343 g/mol. The van der Waals surface area contributed by atoms with Gasteiger partial charge < -0.3 is 11.1 Å². The highest BCUT2D eigenvalue weighted by Crippen LogP contribution is 2.25. The summed E-state index contributed by atoms with van der Waals surface area (Å²) in [5.74, 6) is -0.653. The average Bonchev–Trinajstić information content (AvgIpc) is 3.18. The van der Waals surface area contributed by atoms with Crippen molar-refractivity contribution in [2.75, 3.05) is 0 Å². The van der Waals surface area contributed by atoms with Gasteiger partial charge in [0.2, 0.25) is 11.8 Å². The second kappa shape index (κ2) is 7.57. The quantitative estimate of drug-likeness (QED) is 0.842. The normalized spacial score (nSPS) is 20.0. The van der Waals surface area contributed by atoms with Crippen molar-refractivity contribution >= 4 is 23.2 Å². The van der Waals surface area contributed by atoms with Gasteiger partial charge in [-0.25, -0.2) is 4.98 Å². The summed E-state index contributed by atoms with van der Waals surface area (Å²) in [6, 6.07) is 10.0. The molecule has 6 heteroatoms. The third-order valence-electron chi connectivity index (χ3n) is 4.37. The smallest absolute Gasteiger partial charge is 0.226 e. The van der Waals surface area contributed by atoms with E-state index >= 15 is 0 Å². The lowest BCUT2D eigenvalue weighted by atomic mass is 10.0. The fourth-order valence-corrected chi connectivity index (χ4v) is 4.01. The molecule has 1 saturated carbocycles. The molecule has 2 aromatic rings. The monoisotopic (exact) mass is 343 g/mol. The Kier molecular flexibility index (Phi) is 5.25. The SMILES string of the molecule is NC(=O)C1CCCC1NC(=O)Cc1csc(Cc2ccccc2)n1. The number of hydrogen-bond donors (Lipinski definition) is 2. The maximum absolute atomic E-state index is 12.2. The van der Waals surface area contributed by atoms with E-state index in [2.05, 4.69) is 22.4 Å². The first kappa shape index (κ1) is 16.6. The van der Waals surface area contributed by atoms with Crippen LogP contribution in [-0.2, 0) is 22.4 Å². The van der Waals surface area contributed by atoms with E-state index in [9.17, 15) is 9.59 Å². The molecule has 1 aromatic heterocycles. The van der Waals surface area contributed by atoms with Crippen LogP contribution in [0.5, 0.6) is 0 Å². The molecule has 24 heavy (non-hydrogen) atoms. The van der Waals surface area contributed by atoms with E-state index in [0.29, 0.717) is 0 Å². The van der Waals surface area contributed by atoms with Crippen LogP contribution in [0.2, 0.25) is 0 Å². The van der Waals surface area contributed by atoms with Crippen molar-refractivity contribution in [3.63, 3.8) is 0 Å². The zero-order chi connectivity index (χ0) is 16.9. The van der Waals surface area contributed by atoms with Crippen LogP contribution in [0, 0.1) is 5.92 Å². The topological polar surface area (TPSA) is 85.1 Å². The lowest BCUT2D eigenvalue weighted by molar-refractivity contribution is -0.124. The van der Waals surface area contributed by atoms with Gasteiger partial charge in [0.25, 0.3) is 0 Å². The third-order valence-corrected chi connectivity index (χ3v) is 5.26. The maximum Gasteiger partial charge on any atom is 0.226 e. The van der Waals surface area contributed by atoms with Crippen molar-refractivity contribution in [2.45, 2.75) is 38.1 Å². The van der Waals surface area contributed by atoms with Crippen LogP contribution >= 0.6 is 11.3 Å². The van der Waals surface area contributed by atoms with Crippen LogP contribution in [0.3, 0.4) is 0 Å². The molecule has 2 amide bonds. The summed E-state index contributed by atoms with van der Waals surface area (Å²) in [5, 5.41) is 5.87. The number of nitrogens with two attached hydrogens (primary N) is 1. The molecule has 0 radical (unpaired) electrons. The Morgan fingerprint density at radius 2 is 2.04 bits per heavy atom. The number of rotatable bonds is 6. The Balaban J connectivity index is 1.54. The van der Waals surface area contributed by atoms with E-state index in [0.717, 1.165) is 36.4 Å². The fourth-order valence-electron chi connectivity index (χ4n) is 3.18.